The lowest BCUT2D eigenvalue weighted by Crippen LogP contribution is -2.46. The largest absolute Gasteiger partial charge is 0.379 e. The number of amides is 1. The number of hydrogen-bond donors (Lipinski definition) is 1. The molecular weight excluding hydrogens is 425 g/mol. The van der Waals surface area contributed by atoms with Crippen LogP contribution in [0.15, 0.2) is 42.7 Å². The van der Waals surface area contributed by atoms with Crippen LogP contribution in [-0.4, -0.2) is 76.6 Å². The van der Waals surface area contributed by atoms with Gasteiger partial charge in [0.25, 0.3) is 0 Å². The van der Waals surface area contributed by atoms with Gasteiger partial charge in [-0.2, -0.15) is 4.52 Å². The first-order valence-electron chi connectivity index (χ1n) is 11.4. The minimum absolute atomic E-state index is 0.0438. The number of fused-ring (bicyclic) bond motifs is 1. The van der Waals surface area contributed by atoms with Crippen LogP contribution in [0.5, 0.6) is 0 Å². The number of hydrogen-bond acceptors (Lipinski definition) is 7. The summed E-state index contributed by atoms with van der Waals surface area (Å²) in [5.74, 6) is 0.617. The molecule has 1 N–H and O–H groups in total. The second-order valence-electron chi connectivity index (χ2n) is 8.55. The Kier molecular flexibility index (Phi) is 6.45. The van der Waals surface area contributed by atoms with E-state index in [9.17, 15) is 9.18 Å². The summed E-state index contributed by atoms with van der Waals surface area (Å²) >= 11 is 0. The van der Waals surface area contributed by atoms with E-state index in [1.807, 2.05) is 18.2 Å². The Hall–Kier alpha value is -3.11. The molecule has 2 aromatic heterocycles. The number of halogens is 1. The molecule has 2 aliphatic rings. The van der Waals surface area contributed by atoms with Crippen molar-refractivity contribution in [1.82, 2.24) is 30.0 Å². The van der Waals surface area contributed by atoms with Gasteiger partial charge in [0.1, 0.15) is 18.0 Å². The van der Waals surface area contributed by atoms with Gasteiger partial charge in [0.05, 0.1) is 19.3 Å². The van der Waals surface area contributed by atoms with Gasteiger partial charge in [0, 0.05) is 38.6 Å². The maximum atomic E-state index is 13.9. The van der Waals surface area contributed by atoms with Crippen molar-refractivity contribution in [2.75, 3.05) is 50.8 Å². The SMILES string of the molecule is O=C(NCC(c1cccc(F)c1)N1CCOCC1)C1CCN(c2ccc3nncn3n2)CC1. The topological polar surface area (TPSA) is 87.9 Å². The highest BCUT2D eigenvalue weighted by molar-refractivity contribution is 5.79. The van der Waals surface area contributed by atoms with E-state index >= 15 is 0 Å². The molecule has 1 amide bonds. The van der Waals surface area contributed by atoms with E-state index in [0.717, 1.165) is 50.4 Å². The maximum Gasteiger partial charge on any atom is 0.223 e. The summed E-state index contributed by atoms with van der Waals surface area (Å²) < 4.78 is 21.0. The number of nitrogens with one attached hydrogen (secondary N) is 1. The van der Waals surface area contributed by atoms with Gasteiger partial charge >= 0.3 is 0 Å². The third kappa shape index (κ3) is 4.96. The average molecular weight is 454 g/mol. The van der Waals surface area contributed by atoms with Crippen LogP contribution in [0, 0.1) is 11.7 Å². The molecular formula is C23H28FN7O2. The van der Waals surface area contributed by atoms with Crippen molar-refractivity contribution in [1.29, 1.82) is 0 Å². The standard InChI is InChI=1S/C23H28FN7O2/c24-19-3-1-2-18(14-19)20(29-10-12-33-13-11-29)15-25-23(32)17-6-8-30(9-7-17)22-5-4-21-27-26-16-31(21)28-22/h1-5,14,16-17,20H,6-13,15H2,(H,25,32). The molecule has 33 heavy (non-hydrogen) atoms. The lowest BCUT2D eigenvalue weighted by molar-refractivity contribution is -0.126. The molecule has 9 nitrogen and oxygen atoms in total. The normalized spacial score (nSPS) is 19.0. The lowest BCUT2D eigenvalue weighted by atomic mass is 9.95. The first-order chi connectivity index (χ1) is 16.2. The summed E-state index contributed by atoms with van der Waals surface area (Å²) in [6.07, 6.45) is 3.11. The Morgan fingerprint density at radius 3 is 2.76 bits per heavy atom. The quantitative estimate of drug-likeness (QED) is 0.608. The van der Waals surface area contributed by atoms with Crippen molar-refractivity contribution in [3.8, 4) is 0 Å². The van der Waals surface area contributed by atoms with Gasteiger partial charge < -0.3 is 15.0 Å². The van der Waals surface area contributed by atoms with Crippen LogP contribution in [0.25, 0.3) is 5.65 Å². The highest BCUT2D eigenvalue weighted by Crippen LogP contribution is 2.24. The summed E-state index contributed by atoms with van der Waals surface area (Å²) in [4.78, 5) is 17.4. The molecule has 0 radical (unpaired) electrons. The summed E-state index contributed by atoms with van der Waals surface area (Å²) in [5.41, 5.74) is 1.59. The van der Waals surface area contributed by atoms with Gasteiger partial charge in [0.15, 0.2) is 5.65 Å². The van der Waals surface area contributed by atoms with E-state index in [1.54, 1.807) is 23.0 Å². The van der Waals surface area contributed by atoms with Crippen molar-refractivity contribution in [3.05, 3.63) is 54.1 Å². The molecule has 10 heteroatoms. The van der Waals surface area contributed by atoms with Gasteiger partial charge in [-0.3, -0.25) is 9.69 Å². The molecule has 3 aromatic rings. The molecule has 174 valence electrons. The van der Waals surface area contributed by atoms with E-state index in [4.69, 9.17) is 4.74 Å². The highest BCUT2D eigenvalue weighted by Gasteiger charge is 2.28. The number of ether oxygens (including phenoxy) is 1. The number of anilines is 1. The first-order valence-corrected chi connectivity index (χ1v) is 11.4. The van der Waals surface area contributed by atoms with Gasteiger partial charge in [0.2, 0.25) is 5.91 Å². The smallest absolute Gasteiger partial charge is 0.223 e. The molecule has 1 unspecified atom stereocenters. The second kappa shape index (κ2) is 9.80. The van der Waals surface area contributed by atoms with E-state index in [-0.39, 0.29) is 23.7 Å². The number of nitrogens with zero attached hydrogens (tertiary/aromatic N) is 6. The summed E-state index contributed by atoms with van der Waals surface area (Å²) in [5, 5.41) is 15.5. The summed E-state index contributed by atoms with van der Waals surface area (Å²) in [6.45, 7) is 4.79. The van der Waals surface area contributed by atoms with Gasteiger partial charge in [-0.1, -0.05) is 12.1 Å². The van der Waals surface area contributed by atoms with E-state index in [2.05, 4.69) is 30.4 Å². The van der Waals surface area contributed by atoms with E-state index in [0.29, 0.717) is 25.4 Å². The molecule has 2 aliphatic heterocycles. The fourth-order valence-corrected chi connectivity index (χ4v) is 4.66. The Bertz CT molecular complexity index is 1090. The van der Waals surface area contributed by atoms with Crippen LogP contribution in [0.4, 0.5) is 10.2 Å². The van der Waals surface area contributed by atoms with Crippen LogP contribution in [-0.2, 0) is 9.53 Å². The molecule has 1 atom stereocenters. The third-order valence-electron chi connectivity index (χ3n) is 6.53. The number of carbonyl (C=O) groups excluding carboxylic acids is 1. The average Bonchev–Trinajstić information content (AvgIpc) is 3.33. The number of aromatic nitrogens is 4. The Balaban J connectivity index is 1.19. The van der Waals surface area contributed by atoms with Crippen molar-refractivity contribution in [2.45, 2.75) is 18.9 Å². The molecule has 2 saturated heterocycles. The summed E-state index contributed by atoms with van der Waals surface area (Å²) in [6, 6.07) is 10.4. The maximum absolute atomic E-state index is 13.9. The first kappa shape index (κ1) is 21.7. The number of morpholine rings is 1. The minimum Gasteiger partial charge on any atom is -0.379 e. The lowest BCUT2D eigenvalue weighted by Gasteiger charge is -2.36. The monoisotopic (exact) mass is 453 g/mol. The number of benzene rings is 1. The molecule has 0 spiro atoms. The van der Waals surface area contributed by atoms with Crippen molar-refractivity contribution in [2.24, 2.45) is 5.92 Å². The minimum atomic E-state index is -0.261. The zero-order valence-corrected chi connectivity index (χ0v) is 18.4. The molecule has 1 aromatic carbocycles. The third-order valence-corrected chi connectivity index (χ3v) is 6.53. The second-order valence-corrected chi connectivity index (χ2v) is 8.55. The number of rotatable bonds is 6. The van der Waals surface area contributed by atoms with Gasteiger partial charge in [-0.25, -0.2) is 4.39 Å². The van der Waals surface area contributed by atoms with Crippen LogP contribution in [0.2, 0.25) is 0 Å². The van der Waals surface area contributed by atoms with Crippen LogP contribution in [0.3, 0.4) is 0 Å². The van der Waals surface area contributed by atoms with E-state index < -0.39 is 0 Å². The van der Waals surface area contributed by atoms with Crippen LogP contribution < -0.4 is 10.2 Å². The highest BCUT2D eigenvalue weighted by atomic mass is 19.1. The number of piperidine rings is 1. The molecule has 0 bridgehead atoms. The van der Waals surface area contributed by atoms with Crippen LogP contribution >= 0.6 is 0 Å². The van der Waals surface area contributed by atoms with Crippen molar-refractivity contribution < 1.29 is 13.9 Å². The van der Waals surface area contributed by atoms with Gasteiger partial charge in [-0.05, 0) is 42.7 Å². The predicted molar refractivity (Wildman–Crippen MR) is 120 cm³/mol. The molecule has 0 saturated carbocycles. The summed E-state index contributed by atoms with van der Waals surface area (Å²) in [7, 11) is 0. The fraction of sp³-hybridized carbons (Fsp3) is 0.478. The van der Waals surface area contributed by atoms with E-state index in [1.165, 1.54) is 6.07 Å². The van der Waals surface area contributed by atoms with Crippen molar-refractivity contribution >= 4 is 17.4 Å². The fourth-order valence-electron chi connectivity index (χ4n) is 4.66. The molecule has 4 heterocycles. The molecule has 0 aliphatic carbocycles. The Morgan fingerprint density at radius 1 is 1.15 bits per heavy atom. The predicted octanol–water partition coefficient (Wildman–Crippen LogP) is 1.67. The zero-order valence-electron chi connectivity index (χ0n) is 18.4. The van der Waals surface area contributed by atoms with Crippen molar-refractivity contribution in [3.63, 3.8) is 0 Å². The Morgan fingerprint density at radius 2 is 1.97 bits per heavy atom. The van der Waals surface area contributed by atoms with Crippen LogP contribution in [0.1, 0.15) is 24.4 Å². The zero-order chi connectivity index (χ0) is 22.6. The number of carbonyl (C=O) groups is 1. The van der Waals surface area contributed by atoms with Gasteiger partial charge in [-0.15, -0.1) is 15.3 Å². The molecule has 2 fully saturated rings. The Labute approximate surface area is 191 Å². The molecule has 5 rings (SSSR count).